The molecule has 0 unspecified atom stereocenters. The summed E-state index contributed by atoms with van der Waals surface area (Å²) < 4.78 is 38.0. The largest absolute Gasteiger partial charge is 0.348 e. The van der Waals surface area contributed by atoms with Crippen molar-refractivity contribution < 1.29 is 18.3 Å². The van der Waals surface area contributed by atoms with E-state index in [0.29, 0.717) is 24.7 Å². The molecule has 0 aliphatic carbocycles. The lowest BCUT2D eigenvalue weighted by molar-refractivity contribution is -0.197. The average molecular weight is 344 g/mol. The standard InChI is InChI=1S/C21H22F2O2/c1-2-3-4-5-15-13-24-21(25-14-15)17-8-6-16(7-9-17)18-10-11-19(22)20(23)12-18/h4-12,15,21H,2-3,13-14H2,1H3/b5-4+. The number of ether oxygens (including phenoxy) is 2. The van der Waals surface area contributed by atoms with Gasteiger partial charge in [0.05, 0.1) is 13.2 Å². The minimum absolute atomic E-state index is 0.296. The van der Waals surface area contributed by atoms with E-state index in [1.54, 1.807) is 6.07 Å². The highest BCUT2D eigenvalue weighted by Crippen LogP contribution is 2.28. The van der Waals surface area contributed by atoms with Crippen molar-refractivity contribution in [2.75, 3.05) is 13.2 Å². The van der Waals surface area contributed by atoms with Gasteiger partial charge in [0, 0.05) is 11.5 Å². The normalized spacial score (nSPS) is 20.9. The number of halogens is 2. The molecule has 25 heavy (non-hydrogen) atoms. The van der Waals surface area contributed by atoms with Crippen molar-refractivity contribution in [3.05, 3.63) is 71.8 Å². The van der Waals surface area contributed by atoms with Crippen LogP contribution >= 0.6 is 0 Å². The Bertz CT molecular complexity index is 717. The summed E-state index contributed by atoms with van der Waals surface area (Å²) >= 11 is 0. The van der Waals surface area contributed by atoms with E-state index in [4.69, 9.17) is 9.47 Å². The van der Waals surface area contributed by atoms with Crippen molar-refractivity contribution in [2.24, 2.45) is 5.92 Å². The molecule has 2 aromatic carbocycles. The maximum absolute atomic E-state index is 13.4. The molecule has 2 nitrogen and oxygen atoms in total. The van der Waals surface area contributed by atoms with Crippen LogP contribution in [0.5, 0.6) is 0 Å². The molecule has 1 saturated heterocycles. The quantitative estimate of drug-likeness (QED) is 0.653. The third kappa shape index (κ3) is 4.53. The van der Waals surface area contributed by atoms with E-state index in [2.05, 4.69) is 19.1 Å². The van der Waals surface area contributed by atoms with Crippen LogP contribution in [0.25, 0.3) is 11.1 Å². The summed E-state index contributed by atoms with van der Waals surface area (Å²) in [5.74, 6) is -1.39. The number of benzene rings is 2. The van der Waals surface area contributed by atoms with E-state index in [1.807, 2.05) is 24.3 Å². The Balaban J connectivity index is 1.62. The zero-order valence-electron chi connectivity index (χ0n) is 14.3. The van der Waals surface area contributed by atoms with Gasteiger partial charge in [0.2, 0.25) is 0 Å². The molecule has 1 heterocycles. The maximum atomic E-state index is 13.4. The fourth-order valence-electron chi connectivity index (χ4n) is 2.79. The number of allylic oxidation sites excluding steroid dienone is 1. The average Bonchev–Trinajstić information content (AvgIpc) is 2.65. The lowest BCUT2D eigenvalue weighted by Crippen LogP contribution is -2.25. The molecule has 1 aliphatic heterocycles. The Morgan fingerprint density at radius 3 is 2.28 bits per heavy atom. The predicted octanol–water partition coefficient (Wildman–Crippen LogP) is 5.65. The smallest absolute Gasteiger partial charge is 0.183 e. The molecule has 0 bridgehead atoms. The Kier molecular flexibility index (Phi) is 5.95. The third-order valence-corrected chi connectivity index (χ3v) is 4.22. The van der Waals surface area contributed by atoms with E-state index in [0.717, 1.165) is 30.0 Å². The second kappa shape index (κ2) is 8.37. The van der Waals surface area contributed by atoms with Gasteiger partial charge in [-0.25, -0.2) is 8.78 Å². The van der Waals surface area contributed by atoms with Gasteiger partial charge in [-0.3, -0.25) is 0 Å². The van der Waals surface area contributed by atoms with Gasteiger partial charge in [-0.05, 0) is 29.7 Å². The zero-order valence-corrected chi connectivity index (χ0v) is 14.3. The highest BCUT2D eigenvalue weighted by Gasteiger charge is 2.22. The van der Waals surface area contributed by atoms with Crippen molar-refractivity contribution in [3.8, 4) is 11.1 Å². The lowest BCUT2D eigenvalue weighted by Gasteiger charge is -2.28. The molecule has 0 saturated carbocycles. The molecule has 0 radical (unpaired) electrons. The number of hydrogen-bond donors (Lipinski definition) is 0. The summed E-state index contributed by atoms with van der Waals surface area (Å²) in [7, 11) is 0. The van der Waals surface area contributed by atoms with Crippen molar-refractivity contribution in [1.29, 1.82) is 0 Å². The number of rotatable bonds is 5. The van der Waals surface area contributed by atoms with Gasteiger partial charge in [0.15, 0.2) is 17.9 Å². The second-order valence-corrected chi connectivity index (χ2v) is 6.23. The summed E-state index contributed by atoms with van der Waals surface area (Å²) in [6, 6.07) is 11.4. The van der Waals surface area contributed by atoms with Crippen LogP contribution in [0.1, 0.15) is 31.6 Å². The molecule has 1 fully saturated rings. The minimum Gasteiger partial charge on any atom is -0.348 e. The SMILES string of the molecule is CCC/C=C/C1COC(c2ccc(-c3ccc(F)c(F)c3)cc2)OC1. The fourth-order valence-corrected chi connectivity index (χ4v) is 2.79. The van der Waals surface area contributed by atoms with Crippen molar-refractivity contribution in [2.45, 2.75) is 26.1 Å². The van der Waals surface area contributed by atoms with E-state index in [-0.39, 0.29) is 6.29 Å². The third-order valence-electron chi connectivity index (χ3n) is 4.22. The molecule has 0 atom stereocenters. The number of hydrogen-bond acceptors (Lipinski definition) is 2. The first kappa shape index (κ1) is 17.8. The van der Waals surface area contributed by atoms with E-state index in [9.17, 15) is 8.78 Å². The number of unbranched alkanes of at least 4 members (excludes halogenated alkanes) is 1. The highest BCUT2D eigenvalue weighted by molar-refractivity contribution is 5.63. The van der Waals surface area contributed by atoms with Crippen molar-refractivity contribution >= 4 is 0 Å². The van der Waals surface area contributed by atoms with Gasteiger partial charge in [-0.15, -0.1) is 0 Å². The molecule has 2 aromatic rings. The van der Waals surface area contributed by atoms with Gasteiger partial charge < -0.3 is 9.47 Å². The molecule has 0 N–H and O–H groups in total. The highest BCUT2D eigenvalue weighted by atomic mass is 19.2. The van der Waals surface area contributed by atoms with E-state index >= 15 is 0 Å². The Labute approximate surface area is 147 Å². The second-order valence-electron chi connectivity index (χ2n) is 6.23. The molecular formula is C21H22F2O2. The molecule has 3 rings (SSSR count). The molecule has 0 aromatic heterocycles. The zero-order chi connectivity index (χ0) is 17.6. The predicted molar refractivity (Wildman–Crippen MR) is 94.0 cm³/mol. The molecular weight excluding hydrogens is 322 g/mol. The first-order valence-electron chi connectivity index (χ1n) is 8.62. The molecule has 1 aliphatic rings. The summed E-state index contributed by atoms with van der Waals surface area (Å²) in [6.45, 7) is 3.42. The van der Waals surface area contributed by atoms with Crippen LogP contribution in [0.4, 0.5) is 8.78 Å². The molecule has 0 spiro atoms. The van der Waals surface area contributed by atoms with Crippen LogP contribution in [-0.4, -0.2) is 13.2 Å². The first-order valence-corrected chi connectivity index (χ1v) is 8.62. The van der Waals surface area contributed by atoms with Crippen LogP contribution in [0.15, 0.2) is 54.6 Å². The van der Waals surface area contributed by atoms with Gasteiger partial charge in [-0.1, -0.05) is 55.8 Å². The Morgan fingerprint density at radius 1 is 0.960 bits per heavy atom. The minimum atomic E-state index is -0.845. The summed E-state index contributed by atoms with van der Waals surface area (Å²) in [6.07, 6.45) is 6.17. The van der Waals surface area contributed by atoms with Crippen LogP contribution in [0.3, 0.4) is 0 Å². The van der Waals surface area contributed by atoms with Gasteiger partial charge in [0.25, 0.3) is 0 Å². The van der Waals surface area contributed by atoms with E-state index in [1.165, 1.54) is 6.07 Å². The Hall–Kier alpha value is -2.04. The summed E-state index contributed by atoms with van der Waals surface area (Å²) in [4.78, 5) is 0. The molecule has 132 valence electrons. The monoisotopic (exact) mass is 344 g/mol. The van der Waals surface area contributed by atoms with Crippen molar-refractivity contribution in [3.63, 3.8) is 0 Å². The Morgan fingerprint density at radius 2 is 1.64 bits per heavy atom. The molecule has 4 heteroatoms. The van der Waals surface area contributed by atoms with Crippen LogP contribution in [0, 0.1) is 17.6 Å². The van der Waals surface area contributed by atoms with E-state index < -0.39 is 11.6 Å². The fraction of sp³-hybridized carbons (Fsp3) is 0.333. The van der Waals surface area contributed by atoms with Crippen molar-refractivity contribution in [1.82, 2.24) is 0 Å². The first-order chi connectivity index (χ1) is 12.2. The van der Waals surface area contributed by atoms with Gasteiger partial charge >= 0.3 is 0 Å². The van der Waals surface area contributed by atoms with Gasteiger partial charge in [0.1, 0.15) is 0 Å². The van der Waals surface area contributed by atoms with Crippen LogP contribution in [0.2, 0.25) is 0 Å². The van der Waals surface area contributed by atoms with Gasteiger partial charge in [-0.2, -0.15) is 0 Å². The maximum Gasteiger partial charge on any atom is 0.183 e. The topological polar surface area (TPSA) is 18.5 Å². The van der Waals surface area contributed by atoms with Crippen LogP contribution < -0.4 is 0 Å². The summed E-state index contributed by atoms with van der Waals surface area (Å²) in [5.41, 5.74) is 2.37. The van der Waals surface area contributed by atoms with Crippen LogP contribution in [-0.2, 0) is 9.47 Å². The molecule has 0 amide bonds. The summed E-state index contributed by atoms with van der Waals surface area (Å²) in [5, 5.41) is 0. The lowest BCUT2D eigenvalue weighted by atomic mass is 10.0.